The highest BCUT2D eigenvalue weighted by atomic mass is 32.2. The number of rotatable bonds is 4. The minimum atomic E-state index is -4.36. The van der Waals surface area contributed by atoms with Gasteiger partial charge in [-0.05, 0) is 42.5 Å². The average Bonchev–Trinajstić information content (AvgIpc) is 2.59. The largest absolute Gasteiger partial charge is 0.416 e. The maximum absolute atomic E-state index is 13.1. The van der Waals surface area contributed by atoms with Crippen LogP contribution in [0.1, 0.15) is 31.4 Å². The Morgan fingerprint density at radius 1 is 1.38 bits per heavy atom. The van der Waals surface area contributed by atoms with E-state index in [1.165, 1.54) is 6.07 Å². The molecule has 26 heavy (non-hydrogen) atoms. The van der Waals surface area contributed by atoms with E-state index in [9.17, 15) is 18.0 Å². The zero-order valence-electron chi connectivity index (χ0n) is 15.1. The summed E-state index contributed by atoms with van der Waals surface area (Å²) < 4.78 is 39.3. The van der Waals surface area contributed by atoms with Crippen molar-refractivity contribution in [2.45, 2.75) is 38.9 Å². The Balaban J connectivity index is 1.85. The van der Waals surface area contributed by atoms with Crippen LogP contribution in [0.2, 0.25) is 0 Å². The molecule has 0 radical (unpaired) electrons. The lowest BCUT2D eigenvalue weighted by Crippen LogP contribution is -2.55. The van der Waals surface area contributed by atoms with Crippen molar-refractivity contribution in [3.8, 4) is 0 Å². The molecule has 1 aromatic rings. The summed E-state index contributed by atoms with van der Waals surface area (Å²) in [5.74, 6) is 1.93. The molecule has 0 bridgehead atoms. The number of amides is 1. The van der Waals surface area contributed by atoms with E-state index in [2.05, 4.69) is 24.1 Å². The first-order chi connectivity index (χ1) is 12.3. The average molecular weight is 386 g/mol. The lowest BCUT2D eigenvalue weighted by atomic mass is 9.84. The van der Waals surface area contributed by atoms with E-state index >= 15 is 0 Å². The minimum absolute atomic E-state index is 0.0359. The molecule has 1 saturated heterocycles. The van der Waals surface area contributed by atoms with Gasteiger partial charge >= 0.3 is 6.18 Å². The van der Waals surface area contributed by atoms with Gasteiger partial charge in [0.1, 0.15) is 0 Å². The Morgan fingerprint density at radius 2 is 2.15 bits per heavy atom. The number of carbonyl (C=O) groups is 1. The summed E-state index contributed by atoms with van der Waals surface area (Å²) in [5, 5.41) is 3.00. The highest BCUT2D eigenvalue weighted by molar-refractivity contribution is 7.99. The number of anilines is 1. The molecule has 144 valence electrons. The van der Waals surface area contributed by atoms with Gasteiger partial charge in [-0.25, -0.2) is 0 Å². The standard InChI is InChI=1S/C19H25F3N2OS/c1-12(2)5-6-23-18(25)15-10-13-9-14(19(20,21)22)3-4-16(13)24-7-8-26-11-17(15)24/h3-4,9,12,15,17H,5-8,10-11H2,1-2H3,(H,23,25)/t15-,17-/m1/s1. The van der Waals surface area contributed by atoms with E-state index in [-0.39, 0.29) is 17.9 Å². The van der Waals surface area contributed by atoms with Crippen LogP contribution in [0.3, 0.4) is 0 Å². The smallest absolute Gasteiger partial charge is 0.366 e. The molecule has 0 spiro atoms. The topological polar surface area (TPSA) is 32.3 Å². The maximum atomic E-state index is 13.1. The quantitative estimate of drug-likeness (QED) is 0.850. The van der Waals surface area contributed by atoms with E-state index in [1.807, 2.05) is 11.8 Å². The summed E-state index contributed by atoms with van der Waals surface area (Å²) in [6, 6.07) is 4.01. The summed E-state index contributed by atoms with van der Waals surface area (Å²) in [4.78, 5) is 14.9. The molecule has 2 atom stereocenters. The fourth-order valence-electron chi connectivity index (χ4n) is 3.72. The lowest BCUT2D eigenvalue weighted by Gasteiger charge is -2.45. The van der Waals surface area contributed by atoms with E-state index in [4.69, 9.17) is 0 Å². The number of thioether (sulfide) groups is 1. The van der Waals surface area contributed by atoms with Gasteiger partial charge in [0.25, 0.3) is 0 Å². The molecule has 1 aromatic carbocycles. The predicted octanol–water partition coefficient (Wildman–Crippen LogP) is 3.96. The summed E-state index contributed by atoms with van der Waals surface area (Å²) in [7, 11) is 0. The van der Waals surface area contributed by atoms with Gasteiger partial charge in [0.05, 0.1) is 11.5 Å². The molecule has 3 nitrogen and oxygen atoms in total. The van der Waals surface area contributed by atoms with Crippen molar-refractivity contribution in [3.05, 3.63) is 29.3 Å². The second-order valence-electron chi connectivity index (χ2n) is 7.46. The number of nitrogens with one attached hydrogen (secondary N) is 1. The van der Waals surface area contributed by atoms with Crippen LogP contribution in [0, 0.1) is 11.8 Å². The number of carbonyl (C=O) groups excluding carboxylic acids is 1. The van der Waals surface area contributed by atoms with Gasteiger partial charge in [0.2, 0.25) is 5.91 Å². The van der Waals surface area contributed by atoms with Crippen LogP contribution in [-0.4, -0.2) is 36.5 Å². The monoisotopic (exact) mass is 386 g/mol. The lowest BCUT2D eigenvalue weighted by molar-refractivity contribution is -0.137. The molecule has 2 aliphatic rings. The van der Waals surface area contributed by atoms with Crippen LogP contribution in [0.15, 0.2) is 18.2 Å². The van der Waals surface area contributed by atoms with Crippen LogP contribution in [0.5, 0.6) is 0 Å². The summed E-state index contributed by atoms with van der Waals surface area (Å²) in [6.07, 6.45) is -3.09. The molecule has 2 heterocycles. The fourth-order valence-corrected chi connectivity index (χ4v) is 4.86. The number of hydrogen-bond acceptors (Lipinski definition) is 3. The number of alkyl halides is 3. The molecule has 0 aromatic heterocycles. The normalized spacial score (nSPS) is 22.8. The Labute approximate surface area is 156 Å². The summed E-state index contributed by atoms with van der Waals surface area (Å²) in [6.45, 7) is 5.58. The van der Waals surface area contributed by atoms with Gasteiger partial charge in [-0.3, -0.25) is 4.79 Å². The van der Waals surface area contributed by atoms with Crippen LogP contribution in [-0.2, 0) is 17.4 Å². The molecule has 7 heteroatoms. The molecule has 3 rings (SSSR count). The van der Waals surface area contributed by atoms with Gasteiger partial charge in [-0.15, -0.1) is 0 Å². The number of benzene rings is 1. The number of hydrogen-bond donors (Lipinski definition) is 1. The van der Waals surface area contributed by atoms with Crippen molar-refractivity contribution in [1.29, 1.82) is 0 Å². The van der Waals surface area contributed by atoms with Crippen LogP contribution < -0.4 is 10.2 Å². The molecular weight excluding hydrogens is 361 g/mol. The summed E-state index contributed by atoms with van der Waals surface area (Å²) in [5.41, 5.74) is 0.849. The molecule has 1 fully saturated rings. The summed E-state index contributed by atoms with van der Waals surface area (Å²) >= 11 is 1.81. The van der Waals surface area contributed by atoms with Gasteiger partial charge in [0, 0.05) is 36.3 Å². The second kappa shape index (κ2) is 7.71. The molecule has 0 unspecified atom stereocenters. The third kappa shape index (κ3) is 4.13. The second-order valence-corrected chi connectivity index (χ2v) is 8.61. The Hall–Kier alpha value is -1.37. The van der Waals surface area contributed by atoms with Crippen molar-refractivity contribution in [3.63, 3.8) is 0 Å². The van der Waals surface area contributed by atoms with Crippen molar-refractivity contribution < 1.29 is 18.0 Å². The van der Waals surface area contributed by atoms with Gasteiger partial charge in [-0.2, -0.15) is 24.9 Å². The third-order valence-electron chi connectivity index (χ3n) is 5.14. The van der Waals surface area contributed by atoms with E-state index in [0.717, 1.165) is 36.2 Å². The van der Waals surface area contributed by atoms with Gasteiger partial charge < -0.3 is 10.2 Å². The first-order valence-electron chi connectivity index (χ1n) is 9.09. The van der Waals surface area contributed by atoms with Crippen LogP contribution in [0.25, 0.3) is 0 Å². The van der Waals surface area contributed by atoms with Crippen LogP contribution in [0.4, 0.5) is 18.9 Å². The van der Waals surface area contributed by atoms with Crippen molar-refractivity contribution >= 4 is 23.4 Å². The molecule has 1 amide bonds. The highest BCUT2D eigenvalue weighted by Gasteiger charge is 2.41. The zero-order valence-corrected chi connectivity index (χ0v) is 15.9. The van der Waals surface area contributed by atoms with Crippen LogP contribution >= 0.6 is 11.8 Å². The Morgan fingerprint density at radius 3 is 2.85 bits per heavy atom. The van der Waals surface area contributed by atoms with Crippen molar-refractivity contribution in [1.82, 2.24) is 5.32 Å². The zero-order chi connectivity index (χ0) is 18.9. The molecule has 0 aliphatic carbocycles. The predicted molar refractivity (Wildman–Crippen MR) is 99.6 cm³/mol. The molecule has 0 saturated carbocycles. The van der Waals surface area contributed by atoms with Gasteiger partial charge in [0.15, 0.2) is 0 Å². The fraction of sp³-hybridized carbons (Fsp3) is 0.632. The van der Waals surface area contributed by atoms with Gasteiger partial charge in [-0.1, -0.05) is 13.8 Å². The molecular formula is C19H25F3N2OS. The number of fused-ring (bicyclic) bond motifs is 3. The molecule has 1 N–H and O–H groups in total. The first-order valence-corrected chi connectivity index (χ1v) is 10.2. The van der Waals surface area contributed by atoms with E-state index in [1.54, 1.807) is 6.07 Å². The third-order valence-corrected chi connectivity index (χ3v) is 6.19. The minimum Gasteiger partial charge on any atom is -0.366 e. The molecule has 2 aliphatic heterocycles. The SMILES string of the molecule is CC(C)CCNC(=O)[C@@H]1Cc2cc(C(F)(F)F)ccc2N2CCSC[C@H]12. The number of nitrogens with zero attached hydrogens (tertiary/aromatic N) is 1. The first kappa shape index (κ1) is 19.4. The van der Waals surface area contributed by atoms with E-state index in [0.29, 0.717) is 24.4 Å². The van der Waals surface area contributed by atoms with E-state index < -0.39 is 11.7 Å². The van der Waals surface area contributed by atoms with Crippen molar-refractivity contribution in [2.24, 2.45) is 11.8 Å². The Kier molecular flexibility index (Phi) is 5.75. The maximum Gasteiger partial charge on any atom is 0.416 e. The van der Waals surface area contributed by atoms with Crippen molar-refractivity contribution in [2.75, 3.05) is 29.5 Å². The highest BCUT2D eigenvalue weighted by Crippen LogP contribution is 2.40. The number of halogens is 3. The Bertz CT molecular complexity index is 663.